The molecular weight excluding hydrogens is 234 g/mol. The summed E-state index contributed by atoms with van der Waals surface area (Å²) in [5, 5.41) is 10.3. The molecule has 0 spiro atoms. The molecule has 0 saturated carbocycles. The molecule has 0 aromatic carbocycles. The molecular formula is C13H23NO4. The minimum Gasteiger partial charge on any atom is -0.370 e. The van der Waals surface area contributed by atoms with Crippen molar-refractivity contribution in [3.8, 4) is 0 Å². The fraction of sp³-hybridized carbons (Fsp3) is 0.846. The highest BCUT2D eigenvalue weighted by atomic mass is 16.7. The Labute approximate surface area is 108 Å². The van der Waals surface area contributed by atoms with Gasteiger partial charge in [-0.2, -0.15) is 0 Å². The van der Waals surface area contributed by atoms with E-state index in [0.717, 1.165) is 30.7 Å². The zero-order chi connectivity index (χ0) is 13.8. The van der Waals surface area contributed by atoms with Crippen LogP contribution < -0.4 is 0 Å². The second-order valence-electron chi connectivity index (χ2n) is 5.46. The molecule has 1 amide bonds. The molecule has 0 aliphatic carbocycles. The van der Waals surface area contributed by atoms with Gasteiger partial charge in [0.05, 0.1) is 5.41 Å². The van der Waals surface area contributed by atoms with Crippen molar-refractivity contribution >= 4 is 11.9 Å². The average molecular weight is 257 g/mol. The van der Waals surface area contributed by atoms with Crippen LogP contribution in [0.3, 0.4) is 0 Å². The summed E-state index contributed by atoms with van der Waals surface area (Å²) in [5.74, 6) is -0.784. The van der Waals surface area contributed by atoms with Crippen molar-refractivity contribution in [1.29, 1.82) is 0 Å². The van der Waals surface area contributed by atoms with Gasteiger partial charge in [-0.1, -0.05) is 26.2 Å². The van der Waals surface area contributed by atoms with Gasteiger partial charge in [0, 0.05) is 12.8 Å². The van der Waals surface area contributed by atoms with Crippen LogP contribution >= 0.6 is 0 Å². The molecule has 1 aliphatic heterocycles. The van der Waals surface area contributed by atoms with Gasteiger partial charge in [0.15, 0.2) is 6.23 Å². The summed E-state index contributed by atoms with van der Waals surface area (Å²) in [7, 11) is 0. The Kier molecular flexibility index (Phi) is 5.14. The van der Waals surface area contributed by atoms with Crippen molar-refractivity contribution in [3.63, 3.8) is 0 Å². The Morgan fingerprint density at radius 3 is 2.67 bits per heavy atom. The summed E-state index contributed by atoms with van der Waals surface area (Å²) >= 11 is 0. The van der Waals surface area contributed by atoms with E-state index in [1.165, 1.54) is 0 Å². The molecule has 1 heterocycles. The molecule has 1 rings (SSSR count). The van der Waals surface area contributed by atoms with Crippen LogP contribution in [0.4, 0.5) is 0 Å². The van der Waals surface area contributed by atoms with E-state index in [9.17, 15) is 14.7 Å². The maximum absolute atomic E-state index is 12.0. The van der Waals surface area contributed by atoms with E-state index in [1.807, 2.05) is 0 Å². The number of nitrogens with zero attached hydrogens (tertiary/aromatic N) is 1. The summed E-state index contributed by atoms with van der Waals surface area (Å²) in [5.41, 5.74) is -0.627. The molecule has 0 radical (unpaired) electrons. The van der Waals surface area contributed by atoms with Gasteiger partial charge in [-0.15, -0.1) is 5.06 Å². The number of aliphatic hydroxyl groups excluding tert-OH is 1. The number of unbranched alkanes of at least 4 members (excludes halogenated alkanes) is 2. The van der Waals surface area contributed by atoms with E-state index in [0.29, 0.717) is 6.42 Å². The first-order valence-electron chi connectivity index (χ1n) is 6.61. The molecule has 1 aliphatic rings. The maximum atomic E-state index is 12.0. The Morgan fingerprint density at radius 1 is 1.50 bits per heavy atom. The van der Waals surface area contributed by atoms with Crippen LogP contribution in [0.2, 0.25) is 0 Å². The Hall–Kier alpha value is -1.10. The molecule has 1 atom stereocenters. The first-order valence-corrected chi connectivity index (χ1v) is 6.61. The lowest BCUT2D eigenvalue weighted by molar-refractivity contribution is -0.227. The third kappa shape index (κ3) is 3.70. The van der Waals surface area contributed by atoms with Crippen molar-refractivity contribution in [3.05, 3.63) is 0 Å². The van der Waals surface area contributed by atoms with E-state index < -0.39 is 17.6 Å². The summed E-state index contributed by atoms with van der Waals surface area (Å²) in [4.78, 5) is 28.4. The summed E-state index contributed by atoms with van der Waals surface area (Å²) in [6.45, 7) is 5.71. The molecule has 0 aromatic heterocycles. The predicted molar refractivity (Wildman–Crippen MR) is 66.1 cm³/mol. The molecule has 1 unspecified atom stereocenters. The van der Waals surface area contributed by atoms with Gasteiger partial charge in [-0.25, -0.2) is 4.79 Å². The number of hydrogen-bond donors (Lipinski definition) is 1. The predicted octanol–water partition coefficient (Wildman–Crippen LogP) is 1.99. The van der Waals surface area contributed by atoms with Crippen molar-refractivity contribution < 1.29 is 19.5 Å². The summed E-state index contributed by atoms with van der Waals surface area (Å²) < 4.78 is 0. The normalized spacial score (nSPS) is 20.3. The van der Waals surface area contributed by atoms with E-state index in [2.05, 4.69) is 6.92 Å². The third-order valence-corrected chi connectivity index (χ3v) is 3.27. The Bertz CT molecular complexity index is 314. The van der Waals surface area contributed by atoms with Crippen LogP contribution in [0.15, 0.2) is 0 Å². The van der Waals surface area contributed by atoms with Crippen LogP contribution in [0.5, 0.6) is 0 Å². The van der Waals surface area contributed by atoms with E-state index in [4.69, 9.17) is 4.84 Å². The second-order valence-corrected chi connectivity index (χ2v) is 5.46. The second kappa shape index (κ2) is 6.18. The van der Waals surface area contributed by atoms with Gasteiger partial charge in [0.25, 0.3) is 5.91 Å². The van der Waals surface area contributed by atoms with Crippen LogP contribution in [0.1, 0.15) is 59.3 Å². The highest BCUT2D eigenvalue weighted by molar-refractivity contribution is 5.81. The Morgan fingerprint density at radius 2 is 2.17 bits per heavy atom. The molecule has 5 heteroatoms. The fourth-order valence-electron chi connectivity index (χ4n) is 1.89. The monoisotopic (exact) mass is 257 g/mol. The molecule has 18 heavy (non-hydrogen) atoms. The van der Waals surface area contributed by atoms with Crippen molar-refractivity contribution in [1.82, 2.24) is 5.06 Å². The highest BCUT2D eigenvalue weighted by Crippen LogP contribution is 2.27. The van der Waals surface area contributed by atoms with E-state index >= 15 is 0 Å². The number of amides is 1. The molecule has 0 bridgehead atoms. The standard InChI is InChI=1S/C13H23NO4/c1-4-5-6-9-13(2,3)12(17)18-14-10(15)7-8-11(14)16/h10,15H,4-9H2,1-3H3. The zero-order valence-corrected chi connectivity index (χ0v) is 11.4. The first-order chi connectivity index (χ1) is 8.38. The van der Waals surface area contributed by atoms with Gasteiger partial charge >= 0.3 is 5.97 Å². The van der Waals surface area contributed by atoms with Crippen LogP contribution in [-0.4, -0.2) is 28.3 Å². The number of hydrogen-bond acceptors (Lipinski definition) is 4. The van der Waals surface area contributed by atoms with Crippen LogP contribution in [-0.2, 0) is 14.4 Å². The summed E-state index contributed by atoms with van der Waals surface area (Å²) in [6.07, 6.45) is 3.39. The minimum absolute atomic E-state index is 0.227. The lowest BCUT2D eigenvalue weighted by atomic mass is 9.87. The molecule has 5 nitrogen and oxygen atoms in total. The van der Waals surface area contributed by atoms with E-state index in [-0.39, 0.29) is 12.3 Å². The molecule has 1 N–H and O–H groups in total. The van der Waals surface area contributed by atoms with Gasteiger partial charge in [0.1, 0.15) is 0 Å². The maximum Gasteiger partial charge on any atom is 0.338 e. The number of carbonyl (C=O) groups excluding carboxylic acids is 2. The molecule has 0 aromatic rings. The van der Waals surface area contributed by atoms with Crippen LogP contribution in [0, 0.1) is 5.41 Å². The van der Waals surface area contributed by atoms with Gasteiger partial charge in [-0.05, 0) is 20.3 Å². The molecule has 104 valence electrons. The Balaban J connectivity index is 2.50. The lowest BCUT2D eigenvalue weighted by Gasteiger charge is -2.26. The summed E-state index contributed by atoms with van der Waals surface area (Å²) in [6, 6.07) is 0. The third-order valence-electron chi connectivity index (χ3n) is 3.27. The smallest absolute Gasteiger partial charge is 0.338 e. The largest absolute Gasteiger partial charge is 0.370 e. The number of aliphatic hydroxyl groups is 1. The molecule has 1 saturated heterocycles. The SMILES string of the molecule is CCCCCC(C)(C)C(=O)ON1C(=O)CCC1O. The lowest BCUT2D eigenvalue weighted by Crippen LogP contribution is -2.39. The highest BCUT2D eigenvalue weighted by Gasteiger charge is 2.37. The topological polar surface area (TPSA) is 66.8 Å². The fourth-order valence-corrected chi connectivity index (χ4v) is 1.89. The van der Waals surface area contributed by atoms with Gasteiger partial charge < -0.3 is 9.94 Å². The average Bonchev–Trinajstić information content (AvgIpc) is 2.61. The minimum atomic E-state index is -0.993. The zero-order valence-electron chi connectivity index (χ0n) is 11.4. The van der Waals surface area contributed by atoms with E-state index in [1.54, 1.807) is 13.8 Å². The van der Waals surface area contributed by atoms with Crippen molar-refractivity contribution in [2.45, 2.75) is 65.5 Å². The first kappa shape index (κ1) is 15.0. The molecule has 1 fully saturated rings. The quantitative estimate of drug-likeness (QED) is 0.739. The van der Waals surface area contributed by atoms with Gasteiger partial charge in [-0.3, -0.25) is 4.79 Å². The van der Waals surface area contributed by atoms with Crippen molar-refractivity contribution in [2.24, 2.45) is 5.41 Å². The van der Waals surface area contributed by atoms with Crippen molar-refractivity contribution in [2.75, 3.05) is 0 Å². The van der Waals surface area contributed by atoms with Gasteiger partial charge in [0.2, 0.25) is 0 Å². The number of rotatable bonds is 6. The van der Waals surface area contributed by atoms with Crippen LogP contribution in [0.25, 0.3) is 0 Å². The number of hydroxylamine groups is 2. The number of carbonyl (C=O) groups is 2.